The SMILES string of the molecule is NC(=O)[C@H]1CCCC[C@@H]1N. The molecule has 0 unspecified atom stereocenters. The van der Waals surface area contributed by atoms with E-state index < -0.39 is 0 Å². The van der Waals surface area contributed by atoms with E-state index in [0.29, 0.717) is 0 Å². The van der Waals surface area contributed by atoms with Crippen LogP contribution in [0.15, 0.2) is 0 Å². The van der Waals surface area contributed by atoms with E-state index in [1.165, 1.54) is 0 Å². The van der Waals surface area contributed by atoms with Crippen molar-refractivity contribution in [3.63, 3.8) is 0 Å². The van der Waals surface area contributed by atoms with Crippen LogP contribution in [-0.4, -0.2) is 11.9 Å². The second-order valence-electron chi connectivity index (χ2n) is 2.96. The van der Waals surface area contributed by atoms with E-state index in [4.69, 9.17) is 11.5 Å². The van der Waals surface area contributed by atoms with E-state index in [9.17, 15) is 4.79 Å². The Balaban J connectivity index is 2.47. The van der Waals surface area contributed by atoms with Crippen LogP contribution < -0.4 is 11.5 Å². The lowest BCUT2D eigenvalue weighted by molar-refractivity contribution is -0.123. The molecule has 0 radical (unpaired) electrons. The molecule has 0 aliphatic heterocycles. The van der Waals surface area contributed by atoms with Crippen molar-refractivity contribution in [2.75, 3.05) is 0 Å². The van der Waals surface area contributed by atoms with Crippen LogP contribution in [-0.2, 0) is 4.79 Å². The molecule has 0 spiro atoms. The van der Waals surface area contributed by atoms with Gasteiger partial charge in [-0.1, -0.05) is 12.8 Å². The third-order valence-electron chi connectivity index (χ3n) is 2.18. The number of primary amides is 1. The smallest absolute Gasteiger partial charge is 0.222 e. The molecule has 3 nitrogen and oxygen atoms in total. The molecule has 10 heavy (non-hydrogen) atoms. The standard InChI is InChI=1S/C7H14N2O/c8-6-4-2-1-3-5(6)7(9)10/h5-6H,1-4,8H2,(H2,9,10)/t5-,6-/m0/s1. The highest BCUT2D eigenvalue weighted by Gasteiger charge is 2.25. The molecule has 1 rings (SSSR count). The number of hydrogen-bond donors (Lipinski definition) is 2. The van der Waals surface area contributed by atoms with Gasteiger partial charge in [-0.25, -0.2) is 0 Å². The molecule has 0 saturated heterocycles. The molecule has 3 heteroatoms. The van der Waals surface area contributed by atoms with Crippen LogP contribution in [0.3, 0.4) is 0 Å². The van der Waals surface area contributed by atoms with E-state index >= 15 is 0 Å². The lowest BCUT2D eigenvalue weighted by Crippen LogP contribution is -2.41. The van der Waals surface area contributed by atoms with Crippen LogP contribution in [0.25, 0.3) is 0 Å². The van der Waals surface area contributed by atoms with E-state index in [2.05, 4.69) is 0 Å². The third-order valence-corrected chi connectivity index (χ3v) is 2.18. The van der Waals surface area contributed by atoms with Crippen molar-refractivity contribution in [1.82, 2.24) is 0 Å². The van der Waals surface area contributed by atoms with Crippen LogP contribution in [0, 0.1) is 5.92 Å². The summed E-state index contributed by atoms with van der Waals surface area (Å²) in [6, 6.07) is 0.0197. The van der Waals surface area contributed by atoms with Gasteiger partial charge in [0.1, 0.15) is 0 Å². The molecule has 0 aromatic heterocycles. The Kier molecular flexibility index (Phi) is 2.27. The highest BCUT2D eigenvalue weighted by atomic mass is 16.1. The molecule has 2 atom stereocenters. The van der Waals surface area contributed by atoms with Crippen molar-refractivity contribution in [3.05, 3.63) is 0 Å². The molecule has 0 aromatic carbocycles. The minimum absolute atomic E-state index is 0.0197. The molecule has 58 valence electrons. The zero-order chi connectivity index (χ0) is 7.56. The Morgan fingerprint density at radius 1 is 1.30 bits per heavy atom. The number of nitrogens with two attached hydrogens (primary N) is 2. The maximum atomic E-state index is 10.7. The second kappa shape index (κ2) is 3.01. The average molecular weight is 142 g/mol. The van der Waals surface area contributed by atoms with Crippen LogP contribution in [0.2, 0.25) is 0 Å². The third kappa shape index (κ3) is 1.48. The van der Waals surface area contributed by atoms with Gasteiger partial charge in [0.2, 0.25) is 5.91 Å². The topological polar surface area (TPSA) is 69.1 Å². The van der Waals surface area contributed by atoms with Gasteiger partial charge in [0.15, 0.2) is 0 Å². The molecular formula is C7H14N2O. The fourth-order valence-electron chi connectivity index (χ4n) is 1.51. The zero-order valence-electron chi connectivity index (χ0n) is 6.05. The van der Waals surface area contributed by atoms with Gasteiger partial charge in [-0.05, 0) is 12.8 Å². The van der Waals surface area contributed by atoms with Gasteiger partial charge in [0, 0.05) is 6.04 Å². The lowest BCUT2D eigenvalue weighted by atomic mass is 9.85. The summed E-state index contributed by atoms with van der Waals surface area (Å²) in [5.41, 5.74) is 10.8. The van der Waals surface area contributed by atoms with Gasteiger partial charge in [-0.3, -0.25) is 4.79 Å². The van der Waals surface area contributed by atoms with Crippen LogP contribution in [0.1, 0.15) is 25.7 Å². The number of carbonyl (C=O) groups is 1. The Morgan fingerprint density at radius 3 is 2.30 bits per heavy atom. The van der Waals surface area contributed by atoms with Crippen molar-refractivity contribution in [2.24, 2.45) is 17.4 Å². The second-order valence-corrected chi connectivity index (χ2v) is 2.96. The number of hydrogen-bond acceptors (Lipinski definition) is 2. The largest absolute Gasteiger partial charge is 0.369 e. The van der Waals surface area contributed by atoms with Gasteiger partial charge in [-0.2, -0.15) is 0 Å². The molecule has 0 aromatic rings. The first kappa shape index (κ1) is 7.54. The Hall–Kier alpha value is -0.570. The summed E-state index contributed by atoms with van der Waals surface area (Å²) in [5, 5.41) is 0. The molecule has 4 N–H and O–H groups in total. The number of amides is 1. The first-order valence-electron chi connectivity index (χ1n) is 3.76. The van der Waals surface area contributed by atoms with E-state index in [1.807, 2.05) is 0 Å². The predicted molar refractivity (Wildman–Crippen MR) is 39.1 cm³/mol. The molecule has 1 aliphatic carbocycles. The molecular weight excluding hydrogens is 128 g/mol. The molecule has 0 heterocycles. The van der Waals surface area contributed by atoms with Gasteiger partial charge in [-0.15, -0.1) is 0 Å². The summed E-state index contributed by atoms with van der Waals surface area (Å²) in [7, 11) is 0. The summed E-state index contributed by atoms with van der Waals surface area (Å²) in [5.74, 6) is -0.291. The van der Waals surface area contributed by atoms with Gasteiger partial charge in [0.25, 0.3) is 0 Å². The number of rotatable bonds is 1. The fourth-order valence-corrected chi connectivity index (χ4v) is 1.51. The monoisotopic (exact) mass is 142 g/mol. The van der Waals surface area contributed by atoms with Crippen molar-refractivity contribution in [1.29, 1.82) is 0 Å². The predicted octanol–water partition coefficient (Wildman–Crippen LogP) is -0.0108. The fraction of sp³-hybridized carbons (Fsp3) is 0.857. The van der Waals surface area contributed by atoms with Gasteiger partial charge >= 0.3 is 0 Å². The van der Waals surface area contributed by atoms with E-state index in [0.717, 1.165) is 25.7 Å². The highest BCUT2D eigenvalue weighted by molar-refractivity contribution is 5.77. The van der Waals surface area contributed by atoms with Gasteiger partial charge in [0.05, 0.1) is 5.92 Å². The Bertz CT molecular complexity index is 136. The Labute approximate surface area is 60.8 Å². The quantitative estimate of drug-likeness (QED) is 0.540. The molecule has 1 fully saturated rings. The molecule has 1 amide bonds. The minimum atomic E-state index is -0.229. The van der Waals surface area contributed by atoms with Crippen LogP contribution in [0.4, 0.5) is 0 Å². The Morgan fingerprint density at radius 2 is 1.90 bits per heavy atom. The molecule has 1 aliphatic rings. The van der Waals surface area contributed by atoms with Crippen LogP contribution >= 0.6 is 0 Å². The van der Waals surface area contributed by atoms with Gasteiger partial charge < -0.3 is 11.5 Å². The summed E-state index contributed by atoms with van der Waals surface area (Å²) in [6.07, 6.45) is 4.08. The zero-order valence-corrected chi connectivity index (χ0v) is 6.05. The van der Waals surface area contributed by atoms with Crippen molar-refractivity contribution in [3.8, 4) is 0 Å². The van der Waals surface area contributed by atoms with E-state index in [1.54, 1.807) is 0 Å². The highest BCUT2D eigenvalue weighted by Crippen LogP contribution is 2.22. The summed E-state index contributed by atoms with van der Waals surface area (Å²) in [6.45, 7) is 0. The summed E-state index contributed by atoms with van der Waals surface area (Å²) < 4.78 is 0. The normalized spacial score (nSPS) is 33.7. The van der Waals surface area contributed by atoms with Crippen molar-refractivity contribution < 1.29 is 4.79 Å². The van der Waals surface area contributed by atoms with E-state index in [-0.39, 0.29) is 17.9 Å². The number of carbonyl (C=O) groups excluding carboxylic acids is 1. The average Bonchev–Trinajstić information content (AvgIpc) is 1.88. The van der Waals surface area contributed by atoms with Crippen molar-refractivity contribution in [2.45, 2.75) is 31.7 Å². The van der Waals surface area contributed by atoms with Crippen molar-refractivity contribution >= 4 is 5.91 Å². The maximum Gasteiger partial charge on any atom is 0.222 e. The molecule has 1 saturated carbocycles. The first-order valence-corrected chi connectivity index (χ1v) is 3.76. The maximum absolute atomic E-state index is 10.7. The summed E-state index contributed by atoms with van der Waals surface area (Å²) in [4.78, 5) is 10.7. The minimum Gasteiger partial charge on any atom is -0.369 e. The summed E-state index contributed by atoms with van der Waals surface area (Å²) >= 11 is 0. The van der Waals surface area contributed by atoms with Crippen LogP contribution in [0.5, 0.6) is 0 Å². The first-order chi connectivity index (χ1) is 4.72. The molecule has 0 bridgehead atoms. The lowest BCUT2D eigenvalue weighted by Gasteiger charge is -2.25.